The van der Waals surface area contributed by atoms with Gasteiger partial charge in [-0.3, -0.25) is 0 Å². The summed E-state index contributed by atoms with van der Waals surface area (Å²) in [4.78, 5) is 0. The predicted octanol–water partition coefficient (Wildman–Crippen LogP) is 5.87. The number of nitrogens with zero attached hydrogens (tertiary/aromatic N) is 3. The molecule has 0 atom stereocenters. The van der Waals surface area contributed by atoms with Crippen LogP contribution in [-0.2, 0) is 18.7 Å². The Labute approximate surface area is 157 Å². The first-order valence-corrected chi connectivity index (χ1v) is 10.8. The van der Waals surface area contributed by atoms with E-state index in [1.807, 2.05) is 0 Å². The molecular formula is C19H26BrN3S. The van der Waals surface area contributed by atoms with Crippen molar-refractivity contribution < 1.29 is 0 Å². The fourth-order valence-electron chi connectivity index (χ4n) is 3.47. The molecule has 2 aromatic rings. The van der Waals surface area contributed by atoms with Crippen molar-refractivity contribution in [1.29, 1.82) is 0 Å². The van der Waals surface area contributed by atoms with Crippen LogP contribution in [0.15, 0.2) is 33.9 Å². The quantitative estimate of drug-likeness (QED) is 0.537. The lowest BCUT2D eigenvalue weighted by atomic mass is 9.86. The molecule has 0 unspecified atom stereocenters. The molecule has 24 heavy (non-hydrogen) atoms. The van der Waals surface area contributed by atoms with E-state index >= 15 is 0 Å². The van der Waals surface area contributed by atoms with Gasteiger partial charge in [-0.2, -0.15) is 0 Å². The Morgan fingerprint density at radius 2 is 1.88 bits per heavy atom. The van der Waals surface area contributed by atoms with Gasteiger partial charge in [-0.25, -0.2) is 0 Å². The third kappa shape index (κ3) is 4.85. The highest BCUT2D eigenvalue weighted by atomic mass is 79.9. The van der Waals surface area contributed by atoms with Crippen molar-refractivity contribution in [1.82, 2.24) is 14.8 Å². The van der Waals surface area contributed by atoms with Crippen LogP contribution in [0.4, 0.5) is 0 Å². The van der Waals surface area contributed by atoms with E-state index < -0.39 is 0 Å². The van der Waals surface area contributed by atoms with Crippen LogP contribution in [0.2, 0.25) is 0 Å². The molecule has 0 N–H and O–H groups in total. The summed E-state index contributed by atoms with van der Waals surface area (Å²) < 4.78 is 3.42. The molecule has 1 heterocycles. The molecule has 1 aromatic heterocycles. The molecule has 1 fully saturated rings. The number of aromatic nitrogens is 3. The lowest BCUT2D eigenvalue weighted by molar-refractivity contribution is 0.335. The SMILES string of the molecule is CCn1c(CCC2CCCCC2)nnc1SCc1ccc(Br)cc1. The van der Waals surface area contributed by atoms with Crippen molar-refractivity contribution in [2.75, 3.05) is 0 Å². The molecule has 3 rings (SSSR count). The zero-order chi connectivity index (χ0) is 16.8. The first kappa shape index (κ1) is 18.0. The number of halogens is 1. The zero-order valence-corrected chi connectivity index (χ0v) is 16.8. The van der Waals surface area contributed by atoms with Crippen molar-refractivity contribution in [3.8, 4) is 0 Å². The van der Waals surface area contributed by atoms with Crippen LogP contribution in [0.5, 0.6) is 0 Å². The maximum absolute atomic E-state index is 4.48. The van der Waals surface area contributed by atoms with Crippen LogP contribution < -0.4 is 0 Å². The maximum Gasteiger partial charge on any atom is 0.191 e. The second kappa shape index (κ2) is 9.04. The van der Waals surface area contributed by atoms with E-state index in [4.69, 9.17) is 0 Å². The Kier molecular flexibility index (Phi) is 6.78. The molecule has 1 saturated carbocycles. The van der Waals surface area contributed by atoms with Gasteiger partial charge in [0, 0.05) is 23.2 Å². The average molecular weight is 408 g/mol. The number of hydrogen-bond acceptors (Lipinski definition) is 3. The first-order chi connectivity index (χ1) is 11.8. The minimum absolute atomic E-state index is 0.902. The van der Waals surface area contributed by atoms with Gasteiger partial charge < -0.3 is 4.57 Å². The fourth-order valence-corrected chi connectivity index (χ4v) is 4.71. The summed E-state index contributed by atoms with van der Waals surface area (Å²) in [6, 6.07) is 8.51. The van der Waals surface area contributed by atoms with E-state index in [-0.39, 0.29) is 0 Å². The molecular weight excluding hydrogens is 382 g/mol. The number of aryl methyl sites for hydroxylation is 1. The first-order valence-electron chi connectivity index (χ1n) is 9.05. The minimum Gasteiger partial charge on any atom is -0.306 e. The summed E-state index contributed by atoms with van der Waals surface area (Å²) in [6.07, 6.45) is 9.42. The third-order valence-corrected chi connectivity index (χ3v) is 6.46. The molecule has 3 nitrogen and oxygen atoms in total. The number of rotatable bonds is 7. The van der Waals surface area contributed by atoms with Crippen LogP contribution >= 0.6 is 27.7 Å². The molecule has 1 aromatic carbocycles. The summed E-state index contributed by atoms with van der Waals surface area (Å²) in [5.74, 6) is 3.01. The summed E-state index contributed by atoms with van der Waals surface area (Å²) >= 11 is 5.27. The van der Waals surface area contributed by atoms with Gasteiger partial charge in [-0.15, -0.1) is 10.2 Å². The lowest BCUT2D eigenvalue weighted by Crippen LogP contribution is -2.10. The minimum atomic E-state index is 0.902. The highest BCUT2D eigenvalue weighted by Gasteiger charge is 2.16. The second-order valence-electron chi connectivity index (χ2n) is 6.60. The van der Waals surface area contributed by atoms with Gasteiger partial charge in [0.1, 0.15) is 5.82 Å². The summed E-state index contributed by atoms with van der Waals surface area (Å²) in [5, 5.41) is 9.99. The molecule has 0 aliphatic heterocycles. The van der Waals surface area contributed by atoms with Crippen LogP contribution in [0.1, 0.15) is 56.8 Å². The largest absolute Gasteiger partial charge is 0.306 e. The van der Waals surface area contributed by atoms with E-state index in [1.165, 1.54) is 49.9 Å². The Morgan fingerprint density at radius 1 is 1.12 bits per heavy atom. The Morgan fingerprint density at radius 3 is 2.58 bits per heavy atom. The Balaban J connectivity index is 1.57. The monoisotopic (exact) mass is 407 g/mol. The number of benzene rings is 1. The summed E-state index contributed by atoms with van der Waals surface area (Å²) in [7, 11) is 0. The topological polar surface area (TPSA) is 30.7 Å². The highest BCUT2D eigenvalue weighted by molar-refractivity contribution is 9.10. The summed E-state index contributed by atoms with van der Waals surface area (Å²) in [6.45, 7) is 3.15. The van der Waals surface area contributed by atoms with E-state index in [1.54, 1.807) is 11.8 Å². The zero-order valence-electron chi connectivity index (χ0n) is 14.4. The molecule has 130 valence electrons. The Bertz CT molecular complexity index is 633. The predicted molar refractivity (Wildman–Crippen MR) is 104 cm³/mol. The molecule has 1 aliphatic carbocycles. The summed E-state index contributed by atoms with van der Waals surface area (Å²) in [5.41, 5.74) is 1.32. The van der Waals surface area contributed by atoms with Gasteiger partial charge in [-0.1, -0.05) is 71.9 Å². The second-order valence-corrected chi connectivity index (χ2v) is 8.46. The van der Waals surface area contributed by atoms with Crippen molar-refractivity contribution >= 4 is 27.7 Å². The van der Waals surface area contributed by atoms with Gasteiger partial charge >= 0.3 is 0 Å². The van der Waals surface area contributed by atoms with Crippen LogP contribution in [0.25, 0.3) is 0 Å². The van der Waals surface area contributed by atoms with Crippen molar-refractivity contribution in [2.45, 2.75) is 69.3 Å². The van der Waals surface area contributed by atoms with Gasteiger partial charge in [0.25, 0.3) is 0 Å². The van der Waals surface area contributed by atoms with Crippen molar-refractivity contribution in [3.05, 3.63) is 40.1 Å². The third-order valence-electron chi connectivity index (χ3n) is 4.89. The standard InChI is InChI=1S/C19H26BrN3S/c1-2-23-18(13-10-15-6-4-3-5-7-15)21-22-19(23)24-14-16-8-11-17(20)12-9-16/h8-9,11-12,15H,2-7,10,13-14H2,1H3. The maximum atomic E-state index is 4.48. The molecule has 0 spiro atoms. The van der Waals surface area contributed by atoms with Crippen molar-refractivity contribution in [3.63, 3.8) is 0 Å². The van der Waals surface area contributed by atoms with E-state index in [9.17, 15) is 0 Å². The average Bonchev–Trinajstić information content (AvgIpc) is 3.02. The van der Waals surface area contributed by atoms with E-state index in [0.717, 1.165) is 34.3 Å². The van der Waals surface area contributed by atoms with Crippen LogP contribution in [-0.4, -0.2) is 14.8 Å². The molecule has 0 radical (unpaired) electrons. The van der Waals surface area contributed by atoms with Gasteiger partial charge in [0.05, 0.1) is 0 Å². The number of hydrogen-bond donors (Lipinski definition) is 0. The Hall–Kier alpha value is -0.810. The van der Waals surface area contributed by atoms with E-state index in [0.29, 0.717) is 0 Å². The lowest BCUT2D eigenvalue weighted by Gasteiger charge is -2.21. The normalized spacial score (nSPS) is 15.8. The van der Waals surface area contributed by atoms with Crippen molar-refractivity contribution in [2.24, 2.45) is 5.92 Å². The molecule has 0 saturated heterocycles. The van der Waals surface area contributed by atoms with Gasteiger partial charge in [0.15, 0.2) is 5.16 Å². The highest BCUT2D eigenvalue weighted by Crippen LogP contribution is 2.28. The van der Waals surface area contributed by atoms with Crippen LogP contribution in [0, 0.1) is 5.92 Å². The molecule has 1 aliphatic rings. The molecule has 5 heteroatoms. The van der Waals surface area contributed by atoms with Crippen LogP contribution in [0.3, 0.4) is 0 Å². The molecule has 0 amide bonds. The van der Waals surface area contributed by atoms with E-state index in [2.05, 4.69) is 61.9 Å². The molecule has 0 bridgehead atoms. The van der Waals surface area contributed by atoms with Gasteiger partial charge in [-0.05, 0) is 37.0 Å². The van der Waals surface area contributed by atoms with Gasteiger partial charge in [0.2, 0.25) is 0 Å². The smallest absolute Gasteiger partial charge is 0.191 e. The fraction of sp³-hybridized carbons (Fsp3) is 0.579. The number of thioether (sulfide) groups is 1.